The molecule has 5 nitrogen and oxygen atoms in total. The fourth-order valence-electron chi connectivity index (χ4n) is 18.9. The minimum atomic E-state index is -3.53. The van der Waals surface area contributed by atoms with Crippen molar-refractivity contribution in [3.63, 3.8) is 0 Å². The van der Waals surface area contributed by atoms with Crippen molar-refractivity contribution in [3.8, 4) is 39.1 Å². The lowest BCUT2D eigenvalue weighted by Crippen LogP contribution is -2.86. The fourth-order valence-corrected chi connectivity index (χ4v) is 25.0. The Labute approximate surface area is 620 Å². The van der Waals surface area contributed by atoms with E-state index in [1.807, 2.05) is 6.07 Å². The zero-order valence-corrected chi connectivity index (χ0v) is 59.6. The highest BCUT2D eigenvalue weighted by Gasteiger charge is 2.57. The molecular formula is C100H65BN4OSi. The average molecular weight is 1380 g/mol. The summed E-state index contributed by atoms with van der Waals surface area (Å²) in [5, 5.41) is 20.2. The van der Waals surface area contributed by atoms with Gasteiger partial charge in [0, 0.05) is 85.2 Å². The normalized spacial score (nSPS) is 12.8. The van der Waals surface area contributed by atoms with Gasteiger partial charge in [0.15, 0.2) is 8.07 Å². The van der Waals surface area contributed by atoms with E-state index in [0.717, 1.165) is 89.4 Å². The number of hydrogen-bond acceptors (Lipinski definition) is 4. The second-order valence-electron chi connectivity index (χ2n) is 28.9. The second-order valence-corrected chi connectivity index (χ2v) is 32.4. The first-order valence-electron chi connectivity index (χ1n) is 37.0. The summed E-state index contributed by atoms with van der Waals surface area (Å²) in [6.45, 7) is 1.97. The van der Waals surface area contributed by atoms with Gasteiger partial charge in [-0.1, -0.05) is 253 Å². The lowest BCUT2D eigenvalue weighted by Gasteiger charge is -2.44. The highest BCUT2D eigenvalue weighted by atomic mass is 28.3. The smallest absolute Gasteiger partial charge is 0.242 e. The number of aromatic nitrogens is 2. The molecule has 0 fully saturated rings. The summed E-state index contributed by atoms with van der Waals surface area (Å²) in [6.07, 6.45) is 4.23. The molecule has 0 atom stereocenters. The highest BCUT2D eigenvalue weighted by molar-refractivity contribution is 7.30. The summed E-state index contributed by atoms with van der Waals surface area (Å²) in [5.74, 6) is 0. The van der Waals surface area contributed by atoms with Crippen LogP contribution in [-0.2, 0) is 0 Å². The van der Waals surface area contributed by atoms with Crippen molar-refractivity contribution < 1.29 is 4.42 Å². The maximum Gasteiger partial charge on any atom is 0.242 e. The molecule has 22 rings (SSSR count). The third kappa shape index (κ3) is 9.21. The van der Waals surface area contributed by atoms with E-state index < -0.39 is 8.07 Å². The maximum absolute atomic E-state index is 6.56. The lowest BCUT2D eigenvalue weighted by atomic mass is 9.35. The van der Waals surface area contributed by atoms with E-state index >= 15 is 0 Å². The van der Waals surface area contributed by atoms with Gasteiger partial charge in [-0.2, -0.15) is 0 Å². The summed E-state index contributed by atoms with van der Waals surface area (Å²) in [7, 11) is -3.53. The molecule has 498 valence electrons. The van der Waals surface area contributed by atoms with Gasteiger partial charge in [0.2, 0.25) is 6.71 Å². The molecule has 2 aliphatic rings. The first-order valence-corrected chi connectivity index (χ1v) is 39.0. The van der Waals surface area contributed by atoms with E-state index in [9.17, 15) is 0 Å². The van der Waals surface area contributed by atoms with Crippen LogP contribution in [0.1, 0.15) is 5.56 Å². The van der Waals surface area contributed by atoms with Gasteiger partial charge in [0.1, 0.15) is 11.2 Å². The summed E-state index contributed by atoms with van der Waals surface area (Å²) >= 11 is 0. The highest BCUT2D eigenvalue weighted by Crippen LogP contribution is 2.44. The number of aryl methyl sites for hydroxylation is 1. The number of nitrogens with zero attached hydrogens (tertiary/aromatic N) is 4. The van der Waals surface area contributed by atoms with E-state index in [2.05, 4.69) is 392 Å². The third-order valence-corrected chi connectivity index (χ3v) is 28.2. The Balaban J connectivity index is 0.825. The molecule has 17 aromatic carbocycles. The number of fused-ring (bicyclic) bond motifs is 25. The predicted molar refractivity (Wildman–Crippen MR) is 455 cm³/mol. The summed E-state index contributed by atoms with van der Waals surface area (Å²) in [4.78, 5) is 9.93. The molecule has 0 unspecified atom stereocenters. The first kappa shape index (κ1) is 60.9. The Kier molecular flexibility index (Phi) is 13.7. The molecule has 3 aromatic heterocycles. The number of pyridine rings is 1. The van der Waals surface area contributed by atoms with Gasteiger partial charge >= 0.3 is 0 Å². The molecule has 5 heterocycles. The monoisotopic (exact) mass is 1380 g/mol. The largest absolute Gasteiger partial charge is 0.456 e. The average Bonchev–Trinajstić information content (AvgIpc) is 1.64. The van der Waals surface area contributed by atoms with Crippen LogP contribution in [-0.4, -0.2) is 24.3 Å². The summed E-state index contributed by atoms with van der Waals surface area (Å²) < 4.78 is 9.01. The van der Waals surface area contributed by atoms with Crippen molar-refractivity contribution >= 4 is 173 Å². The zero-order chi connectivity index (χ0) is 70.4. The Morgan fingerprint density at radius 1 is 0.308 bits per heavy atom. The third-order valence-electron chi connectivity index (χ3n) is 23.1. The van der Waals surface area contributed by atoms with Crippen LogP contribution in [0.25, 0.3) is 126 Å². The van der Waals surface area contributed by atoms with E-state index in [-0.39, 0.29) is 6.71 Å². The van der Waals surface area contributed by atoms with Crippen LogP contribution in [0.5, 0.6) is 0 Å². The SMILES string of the molecule is Cc1cc(-c2ccc3c4c(c5ccncc5c3c2)[Si]2(c3ccccc3-c3ccccc32)c2c(c3ccccc3c3cc(-c5cccc(N(c6ccccc6)c6ccc7c(c6)oc6ccccc67)c5)ccc23)B4c2cccc(N(c3ccccc3)c3ccccc3)c2)cc(-n2c3ccccc3c3ccccc32)c1. The van der Waals surface area contributed by atoms with Crippen LogP contribution < -0.4 is 46.9 Å². The summed E-state index contributed by atoms with van der Waals surface area (Å²) in [5.41, 5.74) is 24.0. The van der Waals surface area contributed by atoms with Crippen LogP contribution in [0.3, 0.4) is 0 Å². The zero-order valence-electron chi connectivity index (χ0n) is 58.6. The Hall–Kier alpha value is -13.6. The van der Waals surface area contributed by atoms with Gasteiger partial charge in [-0.05, 0) is 226 Å². The minimum Gasteiger partial charge on any atom is -0.456 e. The van der Waals surface area contributed by atoms with Crippen molar-refractivity contribution in [3.05, 3.63) is 382 Å². The summed E-state index contributed by atoms with van der Waals surface area (Å²) in [6, 6.07) is 136. The van der Waals surface area contributed by atoms with Crippen LogP contribution in [0.4, 0.5) is 34.1 Å². The molecule has 1 spiro atoms. The molecule has 107 heavy (non-hydrogen) atoms. The van der Waals surface area contributed by atoms with Crippen LogP contribution in [0.2, 0.25) is 0 Å². The number of rotatable bonds is 10. The Morgan fingerprint density at radius 2 is 0.785 bits per heavy atom. The second kappa shape index (κ2) is 24.0. The van der Waals surface area contributed by atoms with E-state index in [4.69, 9.17) is 9.40 Å². The molecule has 0 bridgehead atoms. The Bertz CT molecular complexity index is 6930. The Morgan fingerprint density at radius 3 is 1.46 bits per heavy atom. The van der Waals surface area contributed by atoms with Gasteiger partial charge < -0.3 is 18.8 Å². The van der Waals surface area contributed by atoms with E-state index in [1.165, 1.54) is 113 Å². The quantitative estimate of drug-likeness (QED) is 0.101. The van der Waals surface area contributed by atoms with Gasteiger partial charge in [0.25, 0.3) is 0 Å². The van der Waals surface area contributed by atoms with Crippen molar-refractivity contribution in [1.29, 1.82) is 0 Å². The molecule has 7 heteroatoms. The molecule has 0 radical (unpaired) electrons. The van der Waals surface area contributed by atoms with E-state index in [0.29, 0.717) is 0 Å². The van der Waals surface area contributed by atoms with Crippen LogP contribution in [0.15, 0.2) is 381 Å². The lowest BCUT2D eigenvalue weighted by molar-refractivity contribution is 0.669. The van der Waals surface area contributed by atoms with Crippen molar-refractivity contribution in [2.24, 2.45) is 0 Å². The molecule has 0 saturated heterocycles. The van der Waals surface area contributed by atoms with E-state index in [1.54, 1.807) is 0 Å². The molecular weight excluding hydrogens is 1310 g/mol. The van der Waals surface area contributed by atoms with Gasteiger partial charge in [-0.3, -0.25) is 4.98 Å². The predicted octanol–water partition coefficient (Wildman–Crippen LogP) is 21.5. The topological polar surface area (TPSA) is 37.4 Å². The van der Waals surface area contributed by atoms with Crippen LogP contribution >= 0.6 is 0 Å². The van der Waals surface area contributed by atoms with Gasteiger partial charge in [-0.15, -0.1) is 0 Å². The number of para-hydroxylation sites is 6. The standard InChI is InChI=1S/C100H65BN4OSi/c1-64-55-68(58-76(56-64)105-91-42-18-13-36-78(91)79-37-14-19-43-92(79)105)67-47-50-85-89(60-67)90-63-102-54-53-87(90)100-98(85)101(69-26-24-34-74(61-69)103(70-27-5-2-6-28-70)71-29-7-3-8-30-71)97-84-41-12-11-35-77(84)88-59-66(48-51-86(88)99(97)107(100)95-45-21-16-39-82(95)83-40-17-22-46-96(83)107)65-25-23-33-73(57-65)104(72-31-9-4-10-32-72)75-49-52-81-80-38-15-20-44-93(80)106-94(81)62-75/h2-63H,1H3. The molecule has 20 aromatic rings. The molecule has 0 amide bonds. The number of anilines is 6. The maximum atomic E-state index is 6.56. The fraction of sp³-hybridized carbons (Fsp3) is 0.0100. The van der Waals surface area contributed by atoms with Gasteiger partial charge in [0.05, 0.1) is 11.0 Å². The van der Waals surface area contributed by atoms with Gasteiger partial charge in [-0.25, -0.2) is 0 Å². The van der Waals surface area contributed by atoms with Crippen molar-refractivity contribution in [2.75, 3.05) is 9.80 Å². The van der Waals surface area contributed by atoms with Crippen LogP contribution in [0, 0.1) is 6.92 Å². The van der Waals surface area contributed by atoms with Crippen molar-refractivity contribution in [2.45, 2.75) is 6.92 Å². The number of furan rings is 1. The molecule has 2 aliphatic heterocycles. The number of benzene rings is 17. The molecule has 0 N–H and O–H groups in total. The minimum absolute atomic E-state index is 0.272. The first-order chi connectivity index (χ1) is 53.0. The number of hydrogen-bond donors (Lipinski definition) is 0. The van der Waals surface area contributed by atoms with Crippen molar-refractivity contribution in [1.82, 2.24) is 9.55 Å². The molecule has 0 aliphatic carbocycles. The molecule has 0 saturated carbocycles.